The summed E-state index contributed by atoms with van der Waals surface area (Å²) >= 11 is 0. The Bertz CT molecular complexity index is 503. The number of aromatic nitrogens is 1. The van der Waals surface area contributed by atoms with Gasteiger partial charge in [0.15, 0.2) is 0 Å². The zero-order chi connectivity index (χ0) is 15.0. The van der Waals surface area contributed by atoms with E-state index in [1.54, 1.807) is 18.3 Å². The Balaban J connectivity index is 3.06. The van der Waals surface area contributed by atoms with Crippen molar-refractivity contribution >= 4 is 15.8 Å². The van der Waals surface area contributed by atoms with Crippen LogP contribution in [0.5, 0.6) is 0 Å². The lowest BCUT2D eigenvalue weighted by Crippen LogP contribution is -2.32. The van der Waals surface area contributed by atoms with Crippen LogP contribution >= 0.6 is 0 Å². The third-order valence-corrected chi connectivity index (χ3v) is 5.05. The van der Waals surface area contributed by atoms with Crippen LogP contribution in [0.1, 0.15) is 40.0 Å². The van der Waals surface area contributed by atoms with Gasteiger partial charge in [-0.05, 0) is 25.0 Å². The predicted octanol–water partition coefficient (Wildman–Crippen LogP) is 2.71. The molecule has 1 heterocycles. The van der Waals surface area contributed by atoms with Gasteiger partial charge in [-0.1, -0.05) is 27.2 Å². The van der Waals surface area contributed by atoms with Gasteiger partial charge in [-0.2, -0.15) is 4.31 Å². The van der Waals surface area contributed by atoms with Crippen molar-refractivity contribution in [3.8, 4) is 0 Å². The number of nitrogens with one attached hydrogen (secondary N) is 1. The minimum Gasteiger partial charge on any atom is -0.369 e. The average Bonchev–Trinajstić information content (AvgIpc) is 2.46. The Hall–Kier alpha value is -1.14. The topological polar surface area (TPSA) is 62.3 Å². The minimum absolute atomic E-state index is 0.270. The summed E-state index contributed by atoms with van der Waals surface area (Å²) < 4.78 is 26.9. The van der Waals surface area contributed by atoms with Gasteiger partial charge in [0.2, 0.25) is 10.0 Å². The second-order valence-corrected chi connectivity index (χ2v) is 6.53. The summed E-state index contributed by atoms with van der Waals surface area (Å²) in [6.45, 7) is 7.69. The second-order valence-electron chi connectivity index (χ2n) is 4.63. The molecule has 114 valence electrons. The first-order chi connectivity index (χ1) is 9.57. The predicted molar refractivity (Wildman–Crippen MR) is 82.4 cm³/mol. The van der Waals surface area contributed by atoms with Crippen molar-refractivity contribution in [2.75, 3.05) is 25.0 Å². The molecule has 1 N–H and O–H groups in total. The van der Waals surface area contributed by atoms with E-state index in [-0.39, 0.29) is 4.90 Å². The first kappa shape index (κ1) is 16.9. The van der Waals surface area contributed by atoms with Crippen molar-refractivity contribution in [3.63, 3.8) is 0 Å². The summed E-state index contributed by atoms with van der Waals surface area (Å²) in [6, 6.07) is 3.28. The van der Waals surface area contributed by atoms with Crippen LogP contribution in [0.2, 0.25) is 0 Å². The van der Waals surface area contributed by atoms with Crippen molar-refractivity contribution in [1.82, 2.24) is 9.29 Å². The van der Waals surface area contributed by atoms with E-state index in [4.69, 9.17) is 0 Å². The van der Waals surface area contributed by atoms with Crippen LogP contribution < -0.4 is 5.32 Å². The SMILES string of the molecule is CCCCN(CC)S(=O)(=O)c1cccnc1NCCC. The fourth-order valence-electron chi connectivity index (χ4n) is 1.90. The van der Waals surface area contributed by atoms with Crippen molar-refractivity contribution in [3.05, 3.63) is 18.3 Å². The van der Waals surface area contributed by atoms with E-state index >= 15 is 0 Å². The van der Waals surface area contributed by atoms with Gasteiger partial charge in [0.1, 0.15) is 10.7 Å². The lowest BCUT2D eigenvalue weighted by Gasteiger charge is -2.21. The van der Waals surface area contributed by atoms with E-state index in [9.17, 15) is 8.42 Å². The number of hydrogen-bond acceptors (Lipinski definition) is 4. The van der Waals surface area contributed by atoms with Gasteiger partial charge in [-0.15, -0.1) is 0 Å². The molecular formula is C14H25N3O2S. The fraction of sp³-hybridized carbons (Fsp3) is 0.643. The van der Waals surface area contributed by atoms with Crippen molar-refractivity contribution < 1.29 is 8.42 Å². The molecular weight excluding hydrogens is 274 g/mol. The largest absolute Gasteiger partial charge is 0.369 e. The molecule has 0 saturated carbocycles. The molecule has 1 aromatic rings. The molecule has 0 unspecified atom stereocenters. The van der Waals surface area contributed by atoms with Crippen LogP contribution in [0.15, 0.2) is 23.2 Å². The zero-order valence-corrected chi connectivity index (χ0v) is 13.4. The molecule has 20 heavy (non-hydrogen) atoms. The maximum atomic E-state index is 12.7. The summed E-state index contributed by atoms with van der Waals surface area (Å²) in [7, 11) is -3.48. The Kier molecular flexibility index (Phi) is 6.95. The summed E-state index contributed by atoms with van der Waals surface area (Å²) in [5.74, 6) is 0.448. The van der Waals surface area contributed by atoms with Gasteiger partial charge in [-0.3, -0.25) is 0 Å². The van der Waals surface area contributed by atoms with Crippen LogP contribution in [0.4, 0.5) is 5.82 Å². The molecule has 0 radical (unpaired) electrons. The van der Waals surface area contributed by atoms with Gasteiger partial charge in [0.25, 0.3) is 0 Å². The van der Waals surface area contributed by atoms with Gasteiger partial charge in [0.05, 0.1) is 0 Å². The number of hydrogen-bond donors (Lipinski definition) is 1. The molecule has 0 aliphatic rings. The Morgan fingerprint density at radius 1 is 1.25 bits per heavy atom. The van der Waals surface area contributed by atoms with Crippen LogP contribution in [0.25, 0.3) is 0 Å². The van der Waals surface area contributed by atoms with E-state index in [0.717, 1.165) is 19.3 Å². The Labute approximate surface area is 122 Å². The summed E-state index contributed by atoms with van der Waals surface area (Å²) in [5, 5.41) is 3.09. The first-order valence-corrected chi connectivity index (χ1v) is 8.70. The summed E-state index contributed by atoms with van der Waals surface area (Å²) in [5.41, 5.74) is 0. The van der Waals surface area contributed by atoms with Crippen LogP contribution in [0.3, 0.4) is 0 Å². The first-order valence-electron chi connectivity index (χ1n) is 7.26. The zero-order valence-electron chi connectivity index (χ0n) is 12.6. The van der Waals surface area contributed by atoms with Crippen LogP contribution in [0, 0.1) is 0 Å². The molecule has 5 nitrogen and oxygen atoms in total. The quantitative estimate of drug-likeness (QED) is 0.761. The standard InChI is InChI=1S/C14H25N3O2S/c1-4-7-12-17(6-3)20(18,19)13-9-8-11-16-14(13)15-10-5-2/h8-9,11H,4-7,10,12H2,1-3H3,(H,15,16). The van der Waals surface area contributed by atoms with Crippen molar-refractivity contribution in [2.24, 2.45) is 0 Å². The fourth-order valence-corrected chi connectivity index (χ4v) is 3.50. The number of nitrogens with zero attached hydrogens (tertiary/aromatic N) is 2. The molecule has 0 aliphatic carbocycles. The van der Waals surface area contributed by atoms with Gasteiger partial charge < -0.3 is 5.32 Å². The van der Waals surface area contributed by atoms with Gasteiger partial charge >= 0.3 is 0 Å². The van der Waals surface area contributed by atoms with E-state index < -0.39 is 10.0 Å². The molecule has 0 fully saturated rings. The van der Waals surface area contributed by atoms with Crippen molar-refractivity contribution in [1.29, 1.82) is 0 Å². The van der Waals surface area contributed by atoms with E-state index in [2.05, 4.69) is 17.2 Å². The monoisotopic (exact) mass is 299 g/mol. The smallest absolute Gasteiger partial charge is 0.246 e. The maximum absolute atomic E-state index is 12.7. The number of anilines is 1. The third-order valence-electron chi connectivity index (χ3n) is 3.04. The van der Waals surface area contributed by atoms with Gasteiger partial charge in [-0.25, -0.2) is 13.4 Å². The molecule has 0 atom stereocenters. The van der Waals surface area contributed by atoms with E-state index in [1.807, 2.05) is 13.8 Å². The number of sulfonamides is 1. The lowest BCUT2D eigenvalue weighted by molar-refractivity contribution is 0.419. The molecule has 0 saturated heterocycles. The molecule has 0 aliphatic heterocycles. The maximum Gasteiger partial charge on any atom is 0.246 e. The summed E-state index contributed by atoms with van der Waals surface area (Å²) in [4.78, 5) is 4.43. The number of unbranched alkanes of at least 4 members (excludes halogenated alkanes) is 1. The van der Waals surface area contributed by atoms with E-state index in [0.29, 0.717) is 25.5 Å². The highest BCUT2D eigenvalue weighted by atomic mass is 32.2. The molecule has 6 heteroatoms. The lowest BCUT2D eigenvalue weighted by atomic mass is 10.3. The Morgan fingerprint density at radius 3 is 2.60 bits per heavy atom. The molecule has 1 rings (SSSR count). The average molecular weight is 299 g/mol. The highest BCUT2D eigenvalue weighted by Gasteiger charge is 2.25. The number of pyridine rings is 1. The highest BCUT2D eigenvalue weighted by Crippen LogP contribution is 2.22. The highest BCUT2D eigenvalue weighted by molar-refractivity contribution is 7.89. The molecule has 0 amide bonds. The summed E-state index contributed by atoms with van der Waals surface area (Å²) in [6.07, 6.45) is 4.37. The molecule has 1 aromatic heterocycles. The van der Waals surface area contributed by atoms with E-state index in [1.165, 1.54) is 4.31 Å². The normalized spacial score (nSPS) is 11.8. The Morgan fingerprint density at radius 2 is 2.00 bits per heavy atom. The molecule has 0 aromatic carbocycles. The number of rotatable bonds is 9. The molecule has 0 spiro atoms. The molecule has 0 bridgehead atoms. The van der Waals surface area contributed by atoms with Crippen LogP contribution in [-0.4, -0.2) is 37.3 Å². The minimum atomic E-state index is -3.48. The second kappa shape index (κ2) is 8.21. The third kappa shape index (κ3) is 4.18. The van der Waals surface area contributed by atoms with Crippen LogP contribution in [-0.2, 0) is 10.0 Å². The van der Waals surface area contributed by atoms with Crippen molar-refractivity contribution in [2.45, 2.75) is 44.9 Å². The van der Waals surface area contributed by atoms with Gasteiger partial charge in [0, 0.05) is 25.8 Å².